The van der Waals surface area contributed by atoms with Crippen molar-refractivity contribution in [3.63, 3.8) is 0 Å². The zero-order valence-electron chi connectivity index (χ0n) is 16.3. The van der Waals surface area contributed by atoms with E-state index in [0.717, 1.165) is 23.2 Å². The largest absolute Gasteiger partial charge is 0.495 e. The van der Waals surface area contributed by atoms with E-state index < -0.39 is 0 Å². The topological polar surface area (TPSA) is 64.4 Å². The van der Waals surface area contributed by atoms with Crippen LogP contribution in [0.1, 0.15) is 30.4 Å². The molecular formula is C22H23N3O3. The molecular weight excluding hydrogens is 354 g/mol. The summed E-state index contributed by atoms with van der Waals surface area (Å²) in [6.45, 7) is 4.62. The highest BCUT2D eigenvalue weighted by Crippen LogP contribution is 2.41. The highest BCUT2D eigenvalue weighted by Gasteiger charge is 2.29. The van der Waals surface area contributed by atoms with Crippen molar-refractivity contribution in [1.29, 1.82) is 0 Å². The summed E-state index contributed by atoms with van der Waals surface area (Å²) < 4.78 is 6.90. The lowest BCUT2D eigenvalue weighted by Gasteiger charge is -2.34. The second kappa shape index (κ2) is 7.11. The number of carbonyl (C=O) groups is 1. The average molecular weight is 377 g/mol. The van der Waals surface area contributed by atoms with Crippen molar-refractivity contribution in [2.24, 2.45) is 0 Å². The molecule has 2 heterocycles. The molecule has 1 atom stereocenters. The lowest BCUT2D eigenvalue weighted by atomic mass is 9.91. The average Bonchev–Trinajstić information content (AvgIpc) is 2.70. The summed E-state index contributed by atoms with van der Waals surface area (Å²) in [5.41, 5.74) is 3.32. The van der Waals surface area contributed by atoms with E-state index >= 15 is 0 Å². The Hall–Kier alpha value is -3.15. The number of hydrogen-bond donors (Lipinski definition) is 0. The molecule has 0 fully saturated rings. The van der Waals surface area contributed by atoms with Gasteiger partial charge in [-0.2, -0.15) is 0 Å². The molecule has 6 nitrogen and oxygen atoms in total. The maximum Gasteiger partial charge on any atom is 0.261 e. The van der Waals surface area contributed by atoms with Gasteiger partial charge in [0.1, 0.15) is 12.3 Å². The lowest BCUT2D eigenvalue weighted by molar-refractivity contribution is -0.119. The zero-order chi connectivity index (χ0) is 19.8. The molecule has 1 aliphatic heterocycles. The van der Waals surface area contributed by atoms with Crippen LogP contribution in [0.5, 0.6) is 5.75 Å². The smallest absolute Gasteiger partial charge is 0.261 e. The highest BCUT2D eigenvalue weighted by molar-refractivity contribution is 5.96. The number of hydrogen-bond acceptors (Lipinski definition) is 4. The Kier molecular flexibility index (Phi) is 4.63. The summed E-state index contributed by atoms with van der Waals surface area (Å²) in [5, 5.41) is 0.528. The van der Waals surface area contributed by atoms with Crippen molar-refractivity contribution in [3.8, 4) is 5.75 Å². The molecule has 1 aliphatic rings. The van der Waals surface area contributed by atoms with Crippen LogP contribution in [0.3, 0.4) is 0 Å². The molecule has 0 aliphatic carbocycles. The number of nitrogens with zero attached hydrogens (tertiary/aromatic N) is 3. The molecule has 1 aromatic heterocycles. The van der Waals surface area contributed by atoms with Crippen LogP contribution >= 0.6 is 0 Å². The van der Waals surface area contributed by atoms with Crippen LogP contribution < -0.4 is 15.2 Å². The second-order valence-electron chi connectivity index (χ2n) is 7.28. The molecule has 0 saturated heterocycles. The van der Waals surface area contributed by atoms with E-state index in [0.29, 0.717) is 29.1 Å². The Balaban J connectivity index is 1.71. The van der Waals surface area contributed by atoms with E-state index in [4.69, 9.17) is 4.74 Å². The van der Waals surface area contributed by atoms with Crippen LogP contribution in [0.15, 0.2) is 47.5 Å². The fraction of sp³-hybridized carbons (Fsp3) is 0.318. The van der Waals surface area contributed by atoms with Crippen molar-refractivity contribution in [2.75, 3.05) is 18.6 Å². The summed E-state index contributed by atoms with van der Waals surface area (Å²) in [5.74, 6) is 0.882. The molecule has 1 amide bonds. The first-order chi connectivity index (χ1) is 13.5. The Morgan fingerprint density at radius 2 is 2.04 bits per heavy atom. The molecule has 3 aromatic rings. The minimum absolute atomic E-state index is 0.0540. The third kappa shape index (κ3) is 2.95. The first-order valence-electron chi connectivity index (χ1n) is 9.43. The number of para-hydroxylation sites is 2. The number of anilines is 1. The zero-order valence-corrected chi connectivity index (χ0v) is 16.3. The van der Waals surface area contributed by atoms with Crippen LogP contribution in [-0.4, -0.2) is 29.1 Å². The monoisotopic (exact) mass is 377 g/mol. The maximum absolute atomic E-state index is 13.1. The Morgan fingerprint density at radius 1 is 1.25 bits per heavy atom. The van der Waals surface area contributed by atoms with Gasteiger partial charge in [-0.05, 0) is 42.5 Å². The van der Waals surface area contributed by atoms with Gasteiger partial charge >= 0.3 is 0 Å². The molecule has 28 heavy (non-hydrogen) atoms. The third-order valence-electron chi connectivity index (χ3n) is 5.50. The van der Waals surface area contributed by atoms with Gasteiger partial charge in [-0.1, -0.05) is 31.2 Å². The first kappa shape index (κ1) is 18.2. The molecule has 0 unspecified atom stereocenters. The number of carbonyl (C=O) groups excluding carboxylic acids is 1. The van der Waals surface area contributed by atoms with Crippen LogP contribution in [0.2, 0.25) is 0 Å². The van der Waals surface area contributed by atoms with E-state index in [9.17, 15) is 9.59 Å². The highest BCUT2D eigenvalue weighted by atomic mass is 16.5. The van der Waals surface area contributed by atoms with E-state index in [1.807, 2.05) is 37.3 Å². The number of aromatic nitrogens is 2. The molecule has 6 heteroatoms. The minimum Gasteiger partial charge on any atom is -0.495 e. The predicted octanol–water partition coefficient (Wildman–Crippen LogP) is 3.25. The second-order valence-corrected chi connectivity index (χ2v) is 7.28. The van der Waals surface area contributed by atoms with Crippen LogP contribution in [0.4, 0.5) is 5.69 Å². The lowest BCUT2D eigenvalue weighted by Crippen LogP contribution is -2.40. The third-order valence-corrected chi connectivity index (χ3v) is 5.50. The first-order valence-corrected chi connectivity index (χ1v) is 9.43. The fourth-order valence-electron chi connectivity index (χ4n) is 3.91. The Morgan fingerprint density at radius 3 is 2.82 bits per heavy atom. The van der Waals surface area contributed by atoms with Gasteiger partial charge in [-0.15, -0.1) is 0 Å². The van der Waals surface area contributed by atoms with Crippen LogP contribution in [-0.2, 0) is 11.3 Å². The standard InChI is InChI=1S/C22H23N3O3/c1-14-10-11-25(21-16(14)7-5-9-18(21)28-3)19(26)12-24-13-23-20-15(2)6-4-8-17(20)22(24)27/h4-9,13-14H,10-12H2,1-3H3/t14-/m0/s1. The van der Waals surface area contributed by atoms with Gasteiger partial charge in [0.2, 0.25) is 5.91 Å². The van der Waals surface area contributed by atoms with Crippen LogP contribution in [0.25, 0.3) is 10.9 Å². The molecule has 0 saturated carbocycles. The van der Waals surface area contributed by atoms with Crippen molar-refractivity contribution in [2.45, 2.75) is 32.7 Å². The van der Waals surface area contributed by atoms with Gasteiger partial charge < -0.3 is 9.64 Å². The summed E-state index contributed by atoms with van der Waals surface area (Å²) in [6.07, 6.45) is 2.33. The molecule has 0 bridgehead atoms. The van der Waals surface area contributed by atoms with Gasteiger partial charge in [-0.25, -0.2) is 4.98 Å². The summed E-state index contributed by atoms with van der Waals surface area (Å²) in [4.78, 5) is 32.1. The van der Waals surface area contributed by atoms with Crippen molar-refractivity contribution in [1.82, 2.24) is 9.55 Å². The molecule has 144 valence electrons. The van der Waals surface area contributed by atoms with Crippen LogP contribution in [0, 0.1) is 6.92 Å². The van der Waals surface area contributed by atoms with E-state index in [2.05, 4.69) is 11.9 Å². The SMILES string of the molecule is COc1cccc2c1N(C(=O)Cn1cnc3c(C)cccc3c1=O)CC[C@@H]2C. The number of fused-ring (bicyclic) bond motifs is 2. The number of rotatable bonds is 3. The molecule has 4 rings (SSSR count). The number of methoxy groups -OCH3 is 1. The maximum atomic E-state index is 13.1. The minimum atomic E-state index is -0.201. The van der Waals surface area contributed by atoms with Gasteiger partial charge in [-0.3, -0.25) is 14.2 Å². The summed E-state index contributed by atoms with van der Waals surface area (Å²) in [7, 11) is 1.61. The summed E-state index contributed by atoms with van der Waals surface area (Å²) >= 11 is 0. The van der Waals surface area contributed by atoms with E-state index in [1.54, 1.807) is 18.1 Å². The number of amides is 1. The normalized spacial score (nSPS) is 16.1. The van der Waals surface area contributed by atoms with Gasteiger partial charge in [0.25, 0.3) is 5.56 Å². The van der Waals surface area contributed by atoms with Gasteiger partial charge in [0.05, 0.1) is 30.0 Å². The molecule has 0 spiro atoms. The summed E-state index contributed by atoms with van der Waals surface area (Å²) in [6, 6.07) is 11.3. The number of benzene rings is 2. The van der Waals surface area contributed by atoms with Crippen molar-refractivity contribution in [3.05, 3.63) is 64.2 Å². The molecule has 2 aromatic carbocycles. The molecule has 0 N–H and O–H groups in total. The van der Waals surface area contributed by atoms with Crippen molar-refractivity contribution < 1.29 is 9.53 Å². The van der Waals surface area contributed by atoms with Gasteiger partial charge in [0, 0.05) is 6.54 Å². The quantitative estimate of drug-likeness (QED) is 0.703. The van der Waals surface area contributed by atoms with Gasteiger partial charge in [0.15, 0.2) is 0 Å². The Labute approximate surface area is 163 Å². The fourth-order valence-corrected chi connectivity index (χ4v) is 3.91. The number of ether oxygens (including phenoxy) is 1. The van der Waals surface area contributed by atoms with Crippen molar-refractivity contribution >= 4 is 22.5 Å². The number of aryl methyl sites for hydroxylation is 1. The van der Waals surface area contributed by atoms with E-state index in [1.165, 1.54) is 10.9 Å². The van der Waals surface area contributed by atoms with E-state index in [-0.39, 0.29) is 18.0 Å². The molecule has 0 radical (unpaired) electrons. The Bertz CT molecular complexity index is 1120. The predicted molar refractivity (Wildman–Crippen MR) is 109 cm³/mol.